The summed E-state index contributed by atoms with van der Waals surface area (Å²) in [4.78, 5) is 26.0. The van der Waals surface area contributed by atoms with E-state index in [9.17, 15) is 9.59 Å². The molecule has 0 radical (unpaired) electrons. The Morgan fingerprint density at radius 2 is 1.70 bits per heavy atom. The Labute approximate surface area is 164 Å². The first kappa shape index (κ1) is 19.2. The maximum atomic E-state index is 12.2. The first-order chi connectivity index (χ1) is 13.1. The summed E-state index contributed by atoms with van der Waals surface area (Å²) in [6.45, 7) is 1.92. The fourth-order valence-electron chi connectivity index (χ4n) is 3.08. The average molecular weight is 387 g/mol. The van der Waals surface area contributed by atoms with Gasteiger partial charge in [-0.2, -0.15) is 0 Å². The number of nitrogens with zero attached hydrogens (tertiary/aromatic N) is 1. The number of hydrogen-bond donors (Lipinski definition) is 1. The number of benzene rings is 2. The summed E-state index contributed by atoms with van der Waals surface area (Å²) in [5.74, 6) is 0.933. The van der Waals surface area contributed by atoms with Crippen LogP contribution < -0.4 is 10.1 Å². The number of carbonyl (C=O) groups excluding carboxylic acids is 2. The first-order valence-corrected chi connectivity index (χ1v) is 9.51. The molecule has 0 atom stereocenters. The van der Waals surface area contributed by atoms with Crippen LogP contribution in [0.3, 0.4) is 0 Å². The van der Waals surface area contributed by atoms with Gasteiger partial charge in [-0.05, 0) is 48.6 Å². The van der Waals surface area contributed by atoms with Crippen molar-refractivity contribution >= 4 is 23.6 Å². The van der Waals surface area contributed by atoms with Crippen LogP contribution in [-0.4, -0.2) is 36.5 Å². The van der Waals surface area contributed by atoms with Crippen LogP contribution in [0.5, 0.6) is 5.75 Å². The van der Waals surface area contributed by atoms with E-state index in [1.165, 1.54) is 0 Å². The molecule has 1 heterocycles. The maximum Gasteiger partial charge on any atom is 0.415 e. The van der Waals surface area contributed by atoms with Gasteiger partial charge in [0, 0.05) is 24.7 Å². The normalized spacial score (nSPS) is 14.6. The molecular formula is C21H23ClN2O3. The summed E-state index contributed by atoms with van der Waals surface area (Å²) >= 11 is 5.85. The van der Waals surface area contributed by atoms with E-state index in [0.29, 0.717) is 42.7 Å². The standard InChI is InChI=1S/C21H23ClN2O3/c22-18-8-6-16(7-9-18)14-20(25)23-15-17-10-12-24(13-11-17)21(26)27-19-4-2-1-3-5-19/h1-9,17H,10-15H2,(H,23,25). The number of carbonyl (C=O) groups is 2. The monoisotopic (exact) mass is 386 g/mol. The van der Waals surface area contributed by atoms with Gasteiger partial charge in [-0.25, -0.2) is 4.79 Å². The van der Waals surface area contributed by atoms with Crippen molar-refractivity contribution in [2.24, 2.45) is 5.92 Å². The largest absolute Gasteiger partial charge is 0.415 e. The SMILES string of the molecule is O=C(Cc1ccc(Cl)cc1)NCC1CCN(C(=O)Oc2ccccc2)CC1. The van der Waals surface area contributed by atoms with E-state index in [1.54, 1.807) is 29.2 Å². The molecule has 2 aromatic rings. The molecule has 3 rings (SSSR count). The van der Waals surface area contributed by atoms with Gasteiger partial charge < -0.3 is 15.0 Å². The Bertz CT molecular complexity index is 757. The number of ether oxygens (including phenoxy) is 1. The fraction of sp³-hybridized carbons (Fsp3) is 0.333. The third-order valence-corrected chi connectivity index (χ3v) is 4.94. The highest BCUT2D eigenvalue weighted by molar-refractivity contribution is 6.30. The van der Waals surface area contributed by atoms with Crippen LogP contribution in [0.15, 0.2) is 54.6 Å². The molecule has 0 bridgehead atoms. The predicted octanol–water partition coefficient (Wildman–Crippen LogP) is 3.91. The van der Waals surface area contributed by atoms with E-state index in [-0.39, 0.29) is 12.0 Å². The van der Waals surface area contributed by atoms with E-state index in [4.69, 9.17) is 16.3 Å². The van der Waals surface area contributed by atoms with Crippen molar-refractivity contribution in [3.63, 3.8) is 0 Å². The lowest BCUT2D eigenvalue weighted by atomic mass is 9.97. The summed E-state index contributed by atoms with van der Waals surface area (Å²) in [6, 6.07) is 16.4. The molecule has 0 spiro atoms. The van der Waals surface area contributed by atoms with Gasteiger partial charge in [-0.15, -0.1) is 0 Å². The highest BCUT2D eigenvalue weighted by Gasteiger charge is 2.24. The number of nitrogens with one attached hydrogen (secondary N) is 1. The molecule has 0 aromatic heterocycles. The van der Waals surface area contributed by atoms with Crippen molar-refractivity contribution < 1.29 is 14.3 Å². The quantitative estimate of drug-likeness (QED) is 0.847. The van der Waals surface area contributed by atoms with Crippen LogP contribution >= 0.6 is 11.6 Å². The lowest BCUT2D eigenvalue weighted by molar-refractivity contribution is -0.120. The van der Waals surface area contributed by atoms with Crippen LogP contribution in [0, 0.1) is 5.92 Å². The number of amides is 2. The van der Waals surface area contributed by atoms with E-state index in [2.05, 4.69) is 5.32 Å². The third-order valence-electron chi connectivity index (χ3n) is 4.69. The first-order valence-electron chi connectivity index (χ1n) is 9.13. The van der Waals surface area contributed by atoms with Crippen molar-refractivity contribution in [1.82, 2.24) is 10.2 Å². The van der Waals surface area contributed by atoms with Gasteiger partial charge >= 0.3 is 6.09 Å². The topological polar surface area (TPSA) is 58.6 Å². The molecule has 1 aliphatic heterocycles. The van der Waals surface area contributed by atoms with Gasteiger partial charge in [-0.1, -0.05) is 41.9 Å². The zero-order valence-electron chi connectivity index (χ0n) is 15.1. The Kier molecular flexibility index (Phi) is 6.71. The smallest absolute Gasteiger partial charge is 0.410 e. The molecular weight excluding hydrogens is 364 g/mol. The summed E-state index contributed by atoms with van der Waals surface area (Å²) in [5.41, 5.74) is 0.940. The lowest BCUT2D eigenvalue weighted by Crippen LogP contribution is -2.42. The summed E-state index contributed by atoms with van der Waals surface area (Å²) in [7, 11) is 0. The van der Waals surface area contributed by atoms with Crippen molar-refractivity contribution in [2.75, 3.05) is 19.6 Å². The summed E-state index contributed by atoms with van der Waals surface area (Å²) in [5, 5.41) is 3.66. The zero-order valence-corrected chi connectivity index (χ0v) is 15.8. The molecule has 1 saturated heterocycles. The summed E-state index contributed by atoms with van der Waals surface area (Å²) in [6.07, 6.45) is 1.74. The minimum atomic E-state index is -0.313. The molecule has 1 N–H and O–H groups in total. The molecule has 0 aliphatic carbocycles. The highest BCUT2D eigenvalue weighted by Crippen LogP contribution is 2.18. The van der Waals surface area contributed by atoms with Gasteiger partial charge in [0.05, 0.1) is 6.42 Å². The van der Waals surface area contributed by atoms with Crippen LogP contribution in [0.4, 0.5) is 4.79 Å². The van der Waals surface area contributed by atoms with Crippen LogP contribution in [0.2, 0.25) is 5.02 Å². The zero-order chi connectivity index (χ0) is 19.1. The van der Waals surface area contributed by atoms with E-state index in [1.807, 2.05) is 30.3 Å². The molecule has 2 amide bonds. The van der Waals surface area contributed by atoms with Crippen molar-refractivity contribution in [2.45, 2.75) is 19.3 Å². The van der Waals surface area contributed by atoms with Gasteiger partial charge in [0.1, 0.15) is 5.75 Å². The number of halogens is 1. The van der Waals surface area contributed by atoms with Gasteiger partial charge in [0.15, 0.2) is 0 Å². The molecule has 1 fully saturated rings. The van der Waals surface area contributed by atoms with E-state index < -0.39 is 0 Å². The van der Waals surface area contributed by atoms with Crippen LogP contribution in [0.25, 0.3) is 0 Å². The maximum absolute atomic E-state index is 12.2. The molecule has 0 saturated carbocycles. The average Bonchev–Trinajstić information content (AvgIpc) is 2.69. The number of likely N-dealkylation sites (tertiary alicyclic amines) is 1. The van der Waals surface area contributed by atoms with Crippen LogP contribution in [0.1, 0.15) is 18.4 Å². The second-order valence-corrected chi connectivity index (χ2v) is 7.16. The second kappa shape index (κ2) is 9.42. The Morgan fingerprint density at radius 3 is 2.37 bits per heavy atom. The van der Waals surface area contributed by atoms with Gasteiger partial charge in [0.2, 0.25) is 5.91 Å². The van der Waals surface area contributed by atoms with Gasteiger partial charge in [0.25, 0.3) is 0 Å². The predicted molar refractivity (Wildman–Crippen MR) is 105 cm³/mol. The number of hydrogen-bond acceptors (Lipinski definition) is 3. The van der Waals surface area contributed by atoms with Crippen molar-refractivity contribution in [3.05, 3.63) is 65.2 Å². The summed E-state index contributed by atoms with van der Waals surface area (Å²) < 4.78 is 5.37. The molecule has 2 aromatic carbocycles. The Balaban J connectivity index is 1.37. The fourth-order valence-corrected chi connectivity index (χ4v) is 3.21. The highest BCUT2D eigenvalue weighted by atomic mass is 35.5. The van der Waals surface area contributed by atoms with Crippen molar-refractivity contribution in [3.8, 4) is 5.75 Å². The number of piperidine rings is 1. The second-order valence-electron chi connectivity index (χ2n) is 6.72. The third kappa shape index (κ3) is 6.00. The van der Waals surface area contributed by atoms with Crippen molar-refractivity contribution in [1.29, 1.82) is 0 Å². The molecule has 27 heavy (non-hydrogen) atoms. The van der Waals surface area contributed by atoms with Crippen LogP contribution in [-0.2, 0) is 11.2 Å². The van der Waals surface area contributed by atoms with E-state index in [0.717, 1.165) is 18.4 Å². The number of para-hydroxylation sites is 1. The minimum absolute atomic E-state index is 0.00300. The minimum Gasteiger partial charge on any atom is -0.410 e. The molecule has 142 valence electrons. The molecule has 5 nitrogen and oxygen atoms in total. The molecule has 6 heteroatoms. The Hall–Kier alpha value is -2.53. The Morgan fingerprint density at radius 1 is 1.04 bits per heavy atom. The molecule has 1 aliphatic rings. The number of rotatable bonds is 5. The van der Waals surface area contributed by atoms with E-state index >= 15 is 0 Å². The molecule has 0 unspecified atom stereocenters. The van der Waals surface area contributed by atoms with Gasteiger partial charge in [-0.3, -0.25) is 4.79 Å². The lowest BCUT2D eigenvalue weighted by Gasteiger charge is -2.31.